The molecule has 0 aromatic carbocycles. The molecule has 0 bridgehead atoms. The highest BCUT2D eigenvalue weighted by atomic mass is 35.5. The second-order valence-electron chi connectivity index (χ2n) is 2.40. The maximum absolute atomic E-state index is 11.2. The van der Waals surface area contributed by atoms with Crippen molar-refractivity contribution >= 4 is 29.2 Å². The van der Waals surface area contributed by atoms with Gasteiger partial charge < -0.3 is 4.74 Å². The molecule has 1 aromatic heterocycles. The van der Waals surface area contributed by atoms with Crippen LogP contribution in [0.25, 0.3) is 0 Å². The smallest absolute Gasteiger partial charge is 0.338 e. The minimum atomic E-state index is -0.469. The van der Waals surface area contributed by atoms with Crippen LogP contribution in [-0.4, -0.2) is 18.1 Å². The van der Waals surface area contributed by atoms with E-state index in [-0.39, 0.29) is 10.3 Å². The Morgan fingerprint density at radius 1 is 1.54 bits per heavy atom. The van der Waals surface area contributed by atoms with E-state index in [0.29, 0.717) is 11.1 Å². The summed E-state index contributed by atoms with van der Waals surface area (Å²) in [6.45, 7) is 1.68. The minimum Gasteiger partial charge on any atom is -0.465 e. The van der Waals surface area contributed by atoms with Gasteiger partial charge in [0.2, 0.25) is 0 Å². The lowest BCUT2D eigenvalue weighted by Crippen LogP contribution is -2.05. The van der Waals surface area contributed by atoms with Gasteiger partial charge in [-0.05, 0) is 13.0 Å². The van der Waals surface area contributed by atoms with Crippen LogP contribution in [0.1, 0.15) is 15.9 Å². The number of carbonyl (C=O) groups excluding carboxylic acids is 1. The number of rotatable bonds is 1. The van der Waals surface area contributed by atoms with Crippen molar-refractivity contribution in [2.45, 2.75) is 6.92 Å². The van der Waals surface area contributed by atoms with Crippen LogP contribution >= 0.6 is 23.2 Å². The number of aromatic nitrogens is 1. The lowest BCUT2D eigenvalue weighted by atomic mass is 10.2. The molecule has 0 aliphatic carbocycles. The zero-order valence-electron chi connectivity index (χ0n) is 7.10. The van der Waals surface area contributed by atoms with E-state index in [9.17, 15) is 4.79 Å². The molecule has 0 radical (unpaired) electrons. The van der Waals surface area contributed by atoms with Crippen molar-refractivity contribution < 1.29 is 9.53 Å². The third-order valence-electron chi connectivity index (χ3n) is 1.59. The van der Waals surface area contributed by atoms with E-state index >= 15 is 0 Å². The summed E-state index contributed by atoms with van der Waals surface area (Å²) in [6.07, 6.45) is 0. The van der Waals surface area contributed by atoms with Crippen molar-refractivity contribution in [1.82, 2.24) is 4.98 Å². The minimum absolute atomic E-state index is 0.177. The van der Waals surface area contributed by atoms with Crippen LogP contribution in [0.5, 0.6) is 0 Å². The number of esters is 1. The molecule has 0 aliphatic rings. The normalized spacial score (nSPS) is 9.85. The number of carbonyl (C=O) groups is 1. The lowest BCUT2D eigenvalue weighted by Gasteiger charge is -2.04. The third-order valence-corrected chi connectivity index (χ3v) is 2.15. The quantitative estimate of drug-likeness (QED) is 0.539. The van der Waals surface area contributed by atoms with Gasteiger partial charge in [-0.1, -0.05) is 23.2 Å². The summed E-state index contributed by atoms with van der Waals surface area (Å²) in [5, 5.41) is 0.393. The Labute approximate surface area is 85.6 Å². The van der Waals surface area contributed by atoms with Gasteiger partial charge in [-0.2, -0.15) is 0 Å². The van der Waals surface area contributed by atoms with Crippen LogP contribution < -0.4 is 0 Å². The van der Waals surface area contributed by atoms with Crippen molar-refractivity contribution in [2.24, 2.45) is 0 Å². The summed E-state index contributed by atoms with van der Waals surface area (Å²) >= 11 is 11.3. The van der Waals surface area contributed by atoms with Gasteiger partial charge in [-0.3, -0.25) is 0 Å². The van der Waals surface area contributed by atoms with Crippen LogP contribution in [0.4, 0.5) is 0 Å². The van der Waals surface area contributed by atoms with Crippen molar-refractivity contribution in [3.8, 4) is 0 Å². The molecule has 0 saturated heterocycles. The monoisotopic (exact) mass is 219 g/mol. The summed E-state index contributed by atoms with van der Waals surface area (Å²) in [5.74, 6) is -0.469. The number of methoxy groups -OCH3 is 1. The fraction of sp³-hybridized carbons (Fsp3) is 0.250. The van der Waals surface area contributed by atoms with Gasteiger partial charge in [0.05, 0.1) is 12.7 Å². The van der Waals surface area contributed by atoms with Crippen molar-refractivity contribution in [3.05, 3.63) is 27.5 Å². The van der Waals surface area contributed by atoms with Gasteiger partial charge in [-0.15, -0.1) is 0 Å². The van der Waals surface area contributed by atoms with E-state index in [4.69, 9.17) is 23.2 Å². The highest BCUT2D eigenvalue weighted by molar-refractivity contribution is 6.33. The average molecular weight is 220 g/mol. The largest absolute Gasteiger partial charge is 0.465 e. The van der Waals surface area contributed by atoms with E-state index in [1.165, 1.54) is 13.2 Å². The summed E-state index contributed by atoms with van der Waals surface area (Å²) in [5.41, 5.74) is 0.908. The molecule has 0 atom stereocenters. The summed E-state index contributed by atoms with van der Waals surface area (Å²) in [6, 6.07) is 1.43. The molecule has 0 spiro atoms. The molecule has 70 valence electrons. The van der Waals surface area contributed by atoms with Gasteiger partial charge >= 0.3 is 5.97 Å². The Hall–Kier alpha value is -0.800. The molecule has 0 fully saturated rings. The predicted octanol–water partition coefficient (Wildman–Crippen LogP) is 2.48. The van der Waals surface area contributed by atoms with E-state index < -0.39 is 5.97 Å². The van der Waals surface area contributed by atoms with Gasteiger partial charge in [0, 0.05) is 5.56 Å². The average Bonchev–Trinajstić information content (AvgIpc) is 2.10. The first-order valence-electron chi connectivity index (χ1n) is 3.47. The molecular weight excluding hydrogens is 213 g/mol. The van der Waals surface area contributed by atoms with E-state index in [0.717, 1.165) is 0 Å². The first-order valence-corrected chi connectivity index (χ1v) is 4.22. The maximum atomic E-state index is 11.2. The van der Waals surface area contributed by atoms with E-state index in [2.05, 4.69) is 9.72 Å². The van der Waals surface area contributed by atoms with E-state index in [1.54, 1.807) is 6.92 Å². The number of hydrogen-bond donors (Lipinski definition) is 0. The maximum Gasteiger partial charge on any atom is 0.338 e. The lowest BCUT2D eigenvalue weighted by molar-refractivity contribution is 0.0600. The van der Waals surface area contributed by atoms with E-state index in [1.807, 2.05) is 0 Å². The Bertz CT molecular complexity index is 352. The first kappa shape index (κ1) is 10.3. The summed E-state index contributed by atoms with van der Waals surface area (Å²) in [4.78, 5) is 14.9. The third kappa shape index (κ3) is 2.11. The van der Waals surface area contributed by atoms with Crippen molar-refractivity contribution in [1.29, 1.82) is 0 Å². The molecular formula is C8H7Cl2NO2. The van der Waals surface area contributed by atoms with Gasteiger partial charge in [0.25, 0.3) is 0 Å². The molecule has 1 aromatic rings. The van der Waals surface area contributed by atoms with Gasteiger partial charge in [0.1, 0.15) is 10.3 Å². The number of ether oxygens (including phenoxy) is 1. The molecule has 1 rings (SSSR count). The topological polar surface area (TPSA) is 39.2 Å². The van der Waals surface area contributed by atoms with Crippen LogP contribution in [0.15, 0.2) is 6.07 Å². The van der Waals surface area contributed by atoms with Crippen molar-refractivity contribution in [2.75, 3.05) is 7.11 Å². The first-order chi connectivity index (χ1) is 6.06. The molecule has 5 heteroatoms. The fourth-order valence-electron chi connectivity index (χ4n) is 0.870. The number of halogens is 2. The zero-order chi connectivity index (χ0) is 10.0. The Balaban J connectivity index is 3.28. The number of pyridine rings is 1. The molecule has 0 saturated carbocycles. The second kappa shape index (κ2) is 3.94. The zero-order valence-corrected chi connectivity index (χ0v) is 8.61. The van der Waals surface area contributed by atoms with Crippen LogP contribution in [0.3, 0.4) is 0 Å². The highest BCUT2D eigenvalue weighted by Crippen LogP contribution is 2.21. The molecule has 0 N–H and O–H groups in total. The predicted molar refractivity (Wildman–Crippen MR) is 50.3 cm³/mol. The SMILES string of the molecule is COC(=O)c1cc(Cl)nc(Cl)c1C. The fourth-order valence-corrected chi connectivity index (χ4v) is 1.30. The summed E-state index contributed by atoms with van der Waals surface area (Å²) < 4.78 is 4.54. The standard InChI is InChI=1S/C8H7Cl2NO2/c1-4-5(8(12)13-2)3-6(9)11-7(4)10/h3H,1-2H3. The molecule has 3 nitrogen and oxygen atoms in total. The second-order valence-corrected chi connectivity index (χ2v) is 3.15. The Morgan fingerprint density at radius 3 is 2.69 bits per heavy atom. The molecule has 0 unspecified atom stereocenters. The number of nitrogens with zero attached hydrogens (tertiary/aromatic N) is 1. The highest BCUT2D eigenvalue weighted by Gasteiger charge is 2.13. The van der Waals surface area contributed by atoms with Crippen molar-refractivity contribution in [3.63, 3.8) is 0 Å². The summed E-state index contributed by atoms with van der Waals surface area (Å²) in [7, 11) is 1.30. The van der Waals surface area contributed by atoms with Crippen LogP contribution in [0.2, 0.25) is 10.3 Å². The molecule has 0 amide bonds. The Morgan fingerprint density at radius 2 is 2.15 bits per heavy atom. The van der Waals surface area contributed by atoms with Gasteiger partial charge in [0.15, 0.2) is 0 Å². The Kier molecular flexibility index (Phi) is 3.12. The molecule has 13 heavy (non-hydrogen) atoms. The molecule has 0 aliphatic heterocycles. The van der Waals surface area contributed by atoms with Gasteiger partial charge in [-0.25, -0.2) is 9.78 Å². The van der Waals surface area contributed by atoms with Crippen LogP contribution in [0, 0.1) is 6.92 Å². The number of hydrogen-bond acceptors (Lipinski definition) is 3. The van der Waals surface area contributed by atoms with Crippen LogP contribution in [-0.2, 0) is 4.74 Å². The molecule has 1 heterocycles.